The molecule has 7 rings (SSSR count). The number of benzene rings is 4. The molecule has 0 aliphatic carbocycles. The second kappa shape index (κ2) is 54.3. The molecular weight excluding hydrogens is 1980 g/mol. The zero-order valence-electron chi connectivity index (χ0n) is 44.7. The van der Waals surface area contributed by atoms with Crippen molar-refractivity contribution in [3.63, 3.8) is 0 Å². The average Bonchev–Trinajstić information content (AvgIpc) is 2.67. The fourth-order valence-electron chi connectivity index (χ4n) is 6.31. The number of nitrogens with zero attached hydrogens (tertiary/aromatic N) is 3. The van der Waals surface area contributed by atoms with Gasteiger partial charge in [0.25, 0.3) is 0 Å². The van der Waals surface area contributed by atoms with Gasteiger partial charge in [-0.3, -0.25) is 14.8 Å². The van der Waals surface area contributed by atoms with E-state index in [2.05, 4.69) is 78.7 Å². The van der Waals surface area contributed by atoms with Gasteiger partial charge in [0.15, 0.2) is 11.5 Å². The number of hydrogen-bond donors (Lipinski definition) is 1. The lowest BCUT2D eigenvalue weighted by Crippen LogP contribution is -2.38. The molecule has 0 unspecified atom stereocenters. The van der Waals surface area contributed by atoms with E-state index >= 15 is 0 Å². The highest BCUT2D eigenvalue weighted by Gasteiger charge is 2.23. The van der Waals surface area contributed by atoms with Gasteiger partial charge in [0, 0.05) is 431 Å². The third-order valence-corrected chi connectivity index (χ3v) is 95.6. The number of fused-ring (bicyclic) bond motifs is 4. The lowest BCUT2D eigenvalue weighted by Gasteiger charge is -2.19. The molecule has 0 aliphatic heterocycles. The van der Waals surface area contributed by atoms with Gasteiger partial charge < -0.3 is 10.3 Å². The first-order chi connectivity index (χ1) is 43.3. The second-order valence-electron chi connectivity index (χ2n) is 16.2. The minimum atomic E-state index is -1.51. The Bertz CT molecular complexity index is 5490. The highest BCUT2D eigenvalue weighted by atomic mass is 33.5. The SMILES string of the molecule is C[Si](C)(C)c1ccnc2c(N)c(C(=O)c3ccccc3)ccc12.C[Si](C)(C)c1ccnc2c1ccc1c(-c3ccccc3)onc12.S=S=S=S=S=S=S=S=S=S=S=S=S=S=S=S=S=S=S=S=S.S=S=S=S=S=S=S=S=S=S=S=S=S=S=S=S=S=S=S=S=S=S. The van der Waals surface area contributed by atoms with Gasteiger partial charge in [0.1, 0.15) is 5.52 Å². The Balaban J connectivity index is 0.000000254. The van der Waals surface area contributed by atoms with Crippen LogP contribution in [0.15, 0.2) is 114 Å². The molecule has 0 amide bonds. The van der Waals surface area contributed by atoms with Crippen LogP contribution in [0.4, 0.5) is 5.69 Å². The number of carbonyl (C=O) groups is 1. The molecule has 0 saturated heterocycles. The maximum Gasteiger partial charge on any atom is 0.195 e. The minimum Gasteiger partial charge on any atom is -0.396 e. The van der Waals surface area contributed by atoms with Gasteiger partial charge in [-0.25, -0.2) is 0 Å². The van der Waals surface area contributed by atoms with Crippen LogP contribution in [0.2, 0.25) is 39.3 Å². The topological polar surface area (TPSA) is 94.9 Å². The van der Waals surface area contributed by atoms with E-state index in [1.807, 2.05) is 66.9 Å². The average molecular weight is 2020 g/mol. The number of carbonyl (C=O) groups excluding carboxylic acids is 1. The van der Waals surface area contributed by atoms with Crippen LogP contribution in [0.1, 0.15) is 15.9 Å². The molecule has 0 fully saturated rings. The molecule has 0 radical (unpaired) electrons. The maximum absolute atomic E-state index is 12.7. The number of rotatable bonds is 5. The highest BCUT2D eigenvalue weighted by Crippen LogP contribution is 2.32. The van der Waals surface area contributed by atoms with E-state index in [-0.39, 0.29) is 5.78 Å². The molecule has 6 nitrogen and oxygen atoms in total. The summed E-state index contributed by atoms with van der Waals surface area (Å²) in [5.41, 5.74) is 11.5. The van der Waals surface area contributed by atoms with Crippen LogP contribution < -0.4 is 16.1 Å². The molecule has 51 heteroatoms. The van der Waals surface area contributed by atoms with E-state index in [0.717, 1.165) is 38.6 Å². The summed E-state index contributed by atoms with van der Waals surface area (Å²) in [6.07, 6.45) is 3.69. The van der Waals surface area contributed by atoms with Crippen LogP contribution in [0.5, 0.6) is 0 Å². The van der Waals surface area contributed by atoms with Gasteiger partial charge in [-0.2, -0.15) is 0 Å². The van der Waals surface area contributed by atoms with Crippen LogP contribution in [0.25, 0.3) is 44.0 Å². The zero-order chi connectivity index (χ0) is 64.2. The molecule has 0 saturated carbocycles. The number of hydrogen-bond acceptors (Lipinski definition) is 10. The summed E-state index contributed by atoms with van der Waals surface area (Å²) >= 11 is 19.0. The molecule has 0 atom stereocenters. The fourth-order valence-corrected chi connectivity index (χ4v) is 106. The number of pyridine rings is 2. The molecule has 0 spiro atoms. The standard InChI is InChI=1S/C19H18N2OSi.C19H20N2OSi.S22.S21/c1-23(2,3)16-11-12-20-17-14(16)9-10-15-18(17)21-22-19(15)13-7-5-4-6-8-13;1-23(2,3)16-11-12-21-18-14(16)9-10-15(17(18)20)19(22)13-7-5-4-6-8-13;1-3-5-7-9-11-13-15-17-19-21-22-20-18-16-14-12-10-8-6-4-2;1-3-5-7-9-11-13-15-17-19-21-20-18-16-14-12-10-8-6-4-2/h4-12H,1-3H3;4-12H,20H2,1-3H3;;. The van der Waals surface area contributed by atoms with Crippen LogP contribution in [0, 0.1) is 0 Å². The molecule has 89 heavy (non-hydrogen) atoms. The van der Waals surface area contributed by atoms with Crippen molar-refractivity contribution in [1.82, 2.24) is 15.1 Å². The predicted octanol–water partition coefficient (Wildman–Crippen LogP) is 8.08. The van der Waals surface area contributed by atoms with Gasteiger partial charge in [-0.15, -0.1) is 0 Å². The van der Waals surface area contributed by atoms with E-state index in [4.69, 9.17) is 55.0 Å². The van der Waals surface area contributed by atoms with Crippen LogP contribution in [-0.4, -0.2) is 37.1 Å². The Morgan fingerprint density at radius 1 is 0.371 bits per heavy atom. The first kappa shape index (κ1) is 85.9. The third kappa shape index (κ3) is 36.3. The van der Waals surface area contributed by atoms with Gasteiger partial charge >= 0.3 is 0 Å². The van der Waals surface area contributed by atoms with Gasteiger partial charge in [0.2, 0.25) is 0 Å². The zero-order valence-corrected chi connectivity index (χ0v) is 81.8. The smallest absolute Gasteiger partial charge is 0.195 e. The third-order valence-electron chi connectivity index (χ3n) is 9.27. The molecule has 4 aromatic carbocycles. The Kier molecular flexibility index (Phi) is 52.4. The van der Waals surface area contributed by atoms with Crippen molar-refractivity contribution < 1.29 is 9.32 Å². The molecule has 3 heterocycles. The van der Waals surface area contributed by atoms with Crippen molar-refractivity contribution in [2.45, 2.75) is 39.3 Å². The van der Waals surface area contributed by atoms with Crippen molar-refractivity contribution in [2.75, 3.05) is 5.73 Å². The van der Waals surface area contributed by atoms with Crippen molar-refractivity contribution in [1.29, 1.82) is 0 Å². The summed E-state index contributed by atoms with van der Waals surface area (Å²) in [5.74, 6) is 0.743. The lowest BCUT2D eigenvalue weighted by atomic mass is 10.00. The van der Waals surface area contributed by atoms with E-state index in [1.54, 1.807) is 329 Å². The summed E-state index contributed by atoms with van der Waals surface area (Å²) in [6.45, 7) is 13.9. The molecule has 2 N–H and O–H groups in total. The molecule has 0 bridgehead atoms. The number of anilines is 1. The van der Waals surface area contributed by atoms with Crippen LogP contribution in [0.3, 0.4) is 0 Å². The predicted molar refractivity (Wildman–Crippen MR) is 513 cm³/mol. The van der Waals surface area contributed by atoms with Crippen molar-refractivity contribution in [3.8, 4) is 11.3 Å². The van der Waals surface area contributed by atoms with E-state index < -0.39 is 16.1 Å². The minimum absolute atomic E-state index is 0.0646. The largest absolute Gasteiger partial charge is 0.396 e. The van der Waals surface area contributed by atoms with Crippen molar-refractivity contribution in [3.05, 3.63) is 121 Å². The van der Waals surface area contributed by atoms with Crippen LogP contribution in [-0.2, 0) is 391 Å². The molecular formula is C38H38N4O2S43Si2. The van der Waals surface area contributed by atoms with Crippen molar-refractivity contribution in [2.24, 2.45) is 0 Å². The van der Waals surface area contributed by atoms with Gasteiger partial charge in [0.05, 0.1) is 38.3 Å². The maximum atomic E-state index is 12.7. The number of nitrogens with two attached hydrogens (primary N) is 1. The van der Waals surface area contributed by atoms with E-state index in [9.17, 15) is 4.79 Å². The lowest BCUT2D eigenvalue weighted by molar-refractivity contribution is 0.103. The number of aromatic nitrogens is 3. The van der Waals surface area contributed by atoms with Gasteiger partial charge in [-0.1, -0.05) is 117 Å². The Hall–Kier alpha value is 4.53. The van der Waals surface area contributed by atoms with Gasteiger partial charge in [-0.05, 0) is 34.6 Å². The highest BCUT2D eigenvalue weighted by molar-refractivity contribution is 8.80. The molecule has 7 aromatic rings. The number of nitrogen functional groups attached to an aromatic ring is 1. The fraction of sp³-hybridized carbons (Fsp3) is 0.158. The Labute approximate surface area is 649 Å². The first-order valence-corrected chi connectivity index (χ1v) is 84.0. The molecule has 488 valence electrons. The number of ketones is 1. The summed E-state index contributed by atoms with van der Waals surface area (Å²) < 4.78 is 5.66. The molecule has 0 aliphatic rings. The Morgan fingerprint density at radius 3 is 1.02 bits per heavy atom. The van der Waals surface area contributed by atoms with Crippen LogP contribution >= 0.6 is 0 Å². The van der Waals surface area contributed by atoms with Crippen molar-refractivity contribution >= 4 is 462 Å². The monoisotopic (exact) mass is 2010 g/mol. The van der Waals surface area contributed by atoms with E-state index in [1.165, 1.54) is 51.3 Å². The normalized spacial score (nSPS) is 9.73. The summed E-state index contributed by atoms with van der Waals surface area (Å²) in [4.78, 5) is 21.7. The Morgan fingerprint density at radius 2 is 0.674 bits per heavy atom. The first-order valence-electron chi connectivity index (χ1n) is 22.3. The quantitative estimate of drug-likeness (QED) is 0.104. The second-order valence-corrected chi connectivity index (χ2v) is 95.3. The summed E-state index contributed by atoms with van der Waals surface area (Å²) in [7, 11) is 64.2. The summed E-state index contributed by atoms with van der Waals surface area (Å²) in [5, 5.41) is 10.3. The van der Waals surface area contributed by atoms with E-state index in [0.29, 0.717) is 16.8 Å². The molecule has 3 aromatic heterocycles. The summed E-state index contributed by atoms with van der Waals surface area (Å²) in [6, 6.07) is 31.6.